The molecule has 0 N–H and O–H groups in total. The van der Waals surface area contributed by atoms with Crippen molar-refractivity contribution in [2.75, 3.05) is 0 Å². The molecule has 1 aliphatic rings. The van der Waals surface area contributed by atoms with E-state index in [9.17, 15) is 0 Å². The van der Waals surface area contributed by atoms with Crippen molar-refractivity contribution in [1.82, 2.24) is 0 Å². The molecule has 10 heavy (non-hydrogen) atoms. The number of hydrogen-bond acceptors (Lipinski definition) is 0. The van der Waals surface area contributed by atoms with Gasteiger partial charge in [-0.25, -0.2) is 0 Å². The van der Waals surface area contributed by atoms with Crippen molar-refractivity contribution in [3.63, 3.8) is 0 Å². The van der Waals surface area contributed by atoms with E-state index < -0.39 is 0 Å². The van der Waals surface area contributed by atoms with Crippen molar-refractivity contribution >= 4 is 0 Å². The molecule has 0 heteroatoms. The number of allylic oxidation sites excluding steroid dienone is 4. The molecule has 0 aliphatic heterocycles. The summed E-state index contributed by atoms with van der Waals surface area (Å²) in [4.78, 5) is 0. The van der Waals surface area contributed by atoms with Gasteiger partial charge in [0.25, 0.3) is 0 Å². The second-order valence-electron chi connectivity index (χ2n) is 3.49. The molecule has 0 nitrogen and oxygen atoms in total. The van der Waals surface area contributed by atoms with Crippen LogP contribution < -0.4 is 0 Å². The lowest BCUT2D eigenvalue weighted by Gasteiger charge is -2.06. The third kappa shape index (κ3) is 1.73. The predicted molar refractivity (Wildman–Crippen MR) is 45.9 cm³/mol. The van der Waals surface area contributed by atoms with Gasteiger partial charge in [-0.05, 0) is 25.7 Å². The lowest BCUT2D eigenvalue weighted by atomic mass is 10.00. The first-order valence-electron chi connectivity index (χ1n) is 4.05. The fourth-order valence-corrected chi connectivity index (χ4v) is 1.39. The van der Waals surface area contributed by atoms with Gasteiger partial charge in [-0.1, -0.05) is 37.1 Å². The summed E-state index contributed by atoms with van der Waals surface area (Å²) in [7, 11) is 0. The van der Waals surface area contributed by atoms with E-state index in [0.29, 0.717) is 0 Å². The topological polar surface area (TPSA) is 0 Å². The summed E-state index contributed by atoms with van der Waals surface area (Å²) in [6.07, 6.45) is 6.97. The summed E-state index contributed by atoms with van der Waals surface area (Å²) < 4.78 is 0. The van der Waals surface area contributed by atoms with Crippen molar-refractivity contribution in [2.45, 2.75) is 33.6 Å². The monoisotopic (exact) mass is 136 g/mol. The lowest BCUT2D eigenvalue weighted by molar-refractivity contribution is 0.634. The van der Waals surface area contributed by atoms with Gasteiger partial charge in [0.05, 0.1) is 0 Å². The third-order valence-electron chi connectivity index (χ3n) is 1.94. The summed E-state index contributed by atoms with van der Waals surface area (Å²) in [5.41, 5.74) is 3.13. The molecule has 0 aromatic rings. The Balaban J connectivity index is 2.51. The normalized spacial score (nSPS) is 17.6. The molecule has 1 rings (SSSR count). The highest BCUT2D eigenvalue weighted by atomic mass is 14.1. The molecule has 1 aliphatic carbocycles. The minimum atomic E-state index is 0.810. The zero-order valence-electron chi connectivity index (χ0n) is 7.15. The highest BCUT2D eigenvalue weighted by Gasteiger charge is 2.06. The molecule has 0 aromatic heterocycles. The molecular weight excluding hydrogens is 120 g/mol. The Morgan fingerprint density at radius 1 is 1.50 bits per heavy atom. The van der Waals surface area contributed by atoms with Crippen molar-refractivity contribution in [2.24, 2.45) is 5.92 Å². The number of rotatable bonds is 2. The molecule has 56 valence electrons. The Hall–Kier alpha value is -0.520. The maximum atomic E-state index is 2.28. The van der Waals surface area contributed by atoms with Gasteiger partial charge in [0.1, 0.15) is 0 Å². The van der Waals surface area contributed by atoms with Gasteiger partial charge < -0.3 is 0 Å². The van der Waals surface area contributed by atoms with E-state index in [1.165, 1.54) is 18.4 Å². The second-order valence-corrected chi connectivity index (χ2v) is 3.49. The van der Waals surface area contributed by atoms with Gasteiger partial charge in [0, 0.05) is 0 Å². The highest BCUT2D eigenvalue weighted by molar-refractivity contribution is 5.32. The van der Waals surface area contributed by atoms with Crippen LogP contribution in [-0.4, -0.2) is 0 Å². The van der Waals surface area contributed by atoms with Crippen LogP contribution in [0.2, 0.25) is 0 Å². The fourth-order valence-electron chi connectivity index (χ4n) is 1.39. The van der Waals surface area contributed by atoms with Gasteiger partial charge in [-0.2, -0.15) is 0 Å². The van der Waals surface area contributed by atoms with E-state index in [1.807, 2.05) is 0 Å². The largest absolute Gasteiger partial charge is 0.0802 e. The van der Waals surface area contributed by atoms with Crippen LogP contribution in [0, 0.1) is 5.92 Å². The first kappa shape index (κ1) is 7.59. The first-order chi connectivity index (χ1) is 4.70. The highest BCUT2D eigenvalue weighted by Crippen LogP contribution is 2.24. The molecule has 0 saturated carbocycles. The lowest BCUT2D eigenvalue weighted by Crippen LogP contribution is -1.90. The Morgan fingerprint density at radius 3 is 2.60 bits per heavy atom. The van der Waals surface area contributed by atoms with Crippen LogP contribution in [0.5, 0.6) is 0 Å². The van der Waals surface area contributed by atoms with Gasteiger partial charge in [-0.3, -0.25) is 0 Å². The van der Waals surface area contributed by atoms with E-state index in [2.05, 4.69) is 32.9 Å². The summed E-state index contributed by atoms with van der Waals surface area (Å²) in [5, 5.41) is 0. The number of hydrogen-bond donors (Lipinski definition) is 0. The summed E-state index contributed by atoms with van der Waals surface area (Å²) >= 11 is 0. The molecule has 0 bridgehead atoms. The van der Waals surface area contributed by atoms with Crippen LogP contribution in [0.15, 0.2) is 23.3 Å². The van der Waals surface area contributed by atoms with Crippen LogP contribution >= 0.6 is 0 Å². The summed E-state index contributed by atoms with van der Waals surface area (Å²) in [6, 6.07) is 0. The minimum Gasteiger partial charge on any atom is -0.0802 e. The van der Waals surface area contributed by atoms with E-state index in [-0.39, 0.29) is 0 Å². The fraction of sp³-hybridized carbons (Fsp3) is 0.600. The van der Waals surface area contributed by atoms with Crippen LogP contribution in [0.4, 0.5) is 0 Å². The molecule has 0 amide bonds. The Bertz CT molecular complexity index is 170. The van der Waals surface area contributed by atoms with E-state index in [4.69, 9.17) is 0 Å². The first-order valence-corrected chi connectivity index (χ1v) is 4.05. The van der Waals surface area contributed by atoms with Crippen molar-refractivity contribution in [3.05, 3.63) is 23.3 Å². The van der Waals surface area contributed by atoms with Gasteiger partial charge in [0.15, 0.2) is 0 Å². The molecule has 0 fully saturated rings. The molecule has 0 aromatic carbocycles. The smallest absolute Gasteiger partial charge is 0.0130 e. The van der Waals surface area contributed by atoms with Gasteiger partial charge in [-0.15, -0.1) is 0 Å². The van der Waals surface area contributed by atoms with Crippen molar-refractivity contribution < 1.29 is 0 Å². The van der Waals surface area contributed by atoms with E-state index in [0.717, 1.165) is 5.92 Å². The molecule has 0 atom stereocenters. The average Bonchev–Trinajstić information content (AvgIpc) is 2.15. The zero-order chi connectivity index (χ0) is 7.56. The SMILES string of the molecule is CC1=C(CC(C)C)CC=C1. The van der Waals surface area contributed by atoms with Crippen molar-refractivity contribution in [1.29, 1.82) is 0 Å². The van der Waals surface area contributed by atoms with Crippen LogP contribution in [0.25, 0.3) is 0 Å². The third-order valence-corrected chi connectivity index (χ3v) is 1.94. The molecule has 0 saturated heterocycles. The van der Waals surface area contributed by atoms with Crippen molar-refractivity contribution in [3.8, 4) is 0 Å². The Morgan fingerprint density at radius 2 is 2.20 bits per heavy atom. The standard InChI is InChI=1S/C10H16/c1-8(2)7-10-6-4-5-9(10)3/h4-5,8H,6-7H2,1-3H3. The van der Waals surface area contributed by atoms with Crippen LogP contribution in [-0.2, 0) is 0 Å². The van der Waals surface area contributed by atoms with Gasteiger partial charge >= 0.3 is 0 Å². The molecule has 0 unspecified atom stereocenters. The Kier molecular flexibility index (Phi) is 2.31. The average molecular weight is 136 g/mol. The summed E-state index contributed by atoms with van der Waals surface area (Å²) in [5.74, 6) is 0.810. The van der Waals surface area contributed by atoms with Crippen LogP contribution in [0.3, 0.4) is 0 Å². The van der Waals surface area contributed by atoms with Gasteiger partial charge in [0.2, 0.25) is 0 Å². The van der Waals surface area contributed by atoms with Crippen LogP contribution in [0.1, 0.15) is 33.6 Å². The van der Waals surface area contributed by atoms with E-state index >= 15 is 0 Å². The Labute approximate surface area is 63.6 Å². The quantitative estimate of drug-likeness (QED) is 0.546. The predicted octanol–water partition coefficient (Wildman–Crippen LogP) is 3.31. The second kappa shape index (κ2) is 3.05. The minimum absolute atomic E-state index is 0.810. The molecule has 0 radical (unpaired) electrons. The van der Waals surface area contributed by atoms with E-state index in [1.54, 1.807) is 5.57 Å². The summed E-state index contributed by atoms with van der Waals surface area (Å²) in [6.45, 7) is 6.76. The zero-order valence-corrected chi connectivity index (χ0v) is 7.15. The molecule has 0 heterocycles. The maximum Gasteiger partial charge on any atom is -0.0130 e. The molecular formula is C10H16. The molecule has 0 spiro atoms. The maximum absolute atomic E-state index is 2.28.